The smallest absolute Gasteiger partial charge is 0.313 e. The minimum absolute atomic E-state index is 0.0140. The molecule has 2 heterocycles. The van der Waals surface area contributed by atoms with Crippen LogP contribution in [0.25, 0.3) is 0 Å². The van der Waals surface area contributed by atoms with Crippen molar-refractivity contribution in [3.05, 3.63) is 95.4 Å². The number of benzene rings is 2. The molecule has 28 heavy (non-hydrogen) atoms. The first-order valence-electron chi connectivity index (χ1n) is 8.88. The molecule has 1 N–H and O–H groups in total. The van der Waals surface area contributed by atoms with Gasteiger partial charge >= 0.3 is 5.97 Å². The van der Waals surface area contributed by atoms with Gasteiger partial charge in [-0.1, -0.05) is 72.4 Å². The standard InChI is InChI=1S/C22H18N2O3S/c25-21(26)14-28-20-13-17(23-24-20)18-11-12-19(27-18)22(15-7-3-1-4-8-15)16-9-5-2-6-10-16/h1-12,22H,13-14H2,(H,25,26). The Hall–Kier alpha value is -3.12. The molecule has 2 aromatic carbocycles. The zero-order valence-electron chi connectivity index (χ0n) is 15.0. The van der Waals surface area contributed by atoms with Crippen molar-refractivity contribution in [2.24, 2.45) is 10.2 Å². The highest BCUT2D eigenvalue weighted by atomic mass is 32.2. The van der Waals surface area contributed by atoms with E-state index < -0.39 is 5.97 Å². The predicted molar refractivity (Wildman–Crippen MR) is 111 cm³/mol. The molecule has 0 amide bonds. The number of rotatable bonds is 6. The molecule has 1 aliphatic heterocycles. The number of carboxylic acid groups (broad SMARTS) is 1. The molecule has 0 unspecified atom stereocenters. The van der Waals surface area contributed by atoms with Crippen LogP contribution < -0.4 is 0 Å². The number of aliphatic carboxylic acids is 1. The van der Waals surface area contributed by atoms with Crippen molar-refractivity contribution in [2.45, 2.75) is 12.3 Å². The van der Waals surface area contributed by atoms with Crippen molar-refractivity contribution in [3.8, 4) is 0 Å². The molecule has 0 saturated carbocycles. The van der Waals surface area contributed by atoms with E-state index in [1.54, 1.807) is 0 Å². The lowest BCUT2D eigenvalue weighted by atomic mass is 9.89. The summed E-state index contributed by atoms with van der Waals surface area (Å²) in [6.45, 7) is 0. The summed E-state index contributed by atoms with van der Waals surface area (Å²) in [5, 5.41) is 17.8. The van der Waals surface area contributed by atoms with E-state index >= 15 is 0 Å². The average molecular weight is 390 g/mol. The van der Waals surface area contributed by atoms with Crippen molar-refractivity contribution in [1.29, 1.82) is 0 Å². The molecule has 6 heteroatoms. The summed E-state index contributed by atoms with van der Waals surface area (Å²) in [6, 6.07) is 24.4. The van der Waals surface area contributed by atoms with Crippen molar-refractivity contribution >= 4 is 28.5 Å². The van der Waals surface area contributed by atoms with Crippen LogP contribution in [0.2, 0.25) is 0 Å². The van der Waals surface area contributed by atoms with E-state index in [-0.39, 0.29) is 11.7 Å². The third kappa shape index (κ3) is 4.07. The van der Waals surface area contributed by atoms with Crippen LogP contribution in [-0.4, -0.2) is 27.6 Å². The lowest BCUT2D eigenvalue weighted by Crippen LogP contribution is -2.05. The van der Waals surface area contributed by atoms with Crippen LogP contribution in [0, 0.1) is 0 Å². The normalized spacial score (nSPS) is 13.5. The third-order valence-corrected chi connectivity index (χ3v) is 5.38. The maximum absolute atomic E-state index is 10.7. The first kappa shape index (κ1) is 18.3. The van der Waals surface area contributed by atoms with E-state index in [1.165, 1.54) is 11.8 Å². The molecule has 0 bridgehead atoms. The zero-order valence-corrected chi connectivity index (χ0v) is 15.8. The molecule has 0 saturated heterocycles. The summed E-state index contributed by atoms with van der Waals surface area (Å²) in [4.78, 5) is 10.7. The molecular formula is C22H18N2O3S. The van der Waals surface area contributed by atoms with Gasteiger partial charge in [0.2, 0.25) is 0 Å². The summed E-state index contributed by atoms with van der Waals surface area (Å²) < 4.78 is 6.18. The Balaban J connectivity index is 1.58. The van der Waals surface area contributed by atoms with Crippen molar-refractivity contribution in [1.82, 2.24) is 0 Å². The summed E-state index contributed by atoms with van der Waals surface area (Å²) in [5.74, 6) is 0.605. The number of thioether (sulfide) groups is 1. The SMILES string of the molecule is O=C(O)CSC1=NN=C(c2ccc(C(c3ccccc3)c3ccccc3)o2)C1. The monoisotopic (exact) mass is 390 g/mol. The van der Waals surface area contributed by atoms with Gasteiger partial charge in [0.15, 0.2) is 5.76 Å². The molecule has 0 fully saturated rings. The Bertz CT molecular complexity index is 987. The van der Waals surface area contributed by atoms with Crippen molar-refractivity contribution in [2.75, 3.05) is 5.75 Å². The van der Waals surface area contributed by atoms with Gasteiger partial charge in [0.05, 0.1) is 11.7 Å². The maximum Gasteiger partial charge on any atom is 0.313 e. The lowest BCUT2D eigenvalue weighted by molar-refractivity contribution is -0.133. The molecule has 0 aliphatic carbocycles. The number of carbonyl (C=O) groups is 1. The van der Waals surface area contributed by atoms with E-state index in [4.69, 9.17) is 9.52 Å². The molecular weight excluding hydrogens is 372 g/mol. The number of hydrogen-bond acceptors (Lipinski definition) is 5. The van der Waals surface area contributed by atoms with Crippen LogP contribution in [-0.2, 0) is 4.79 Å². The Kier molecular flexibility index (Phi) is 5.39. The van der Waals surface area contributed by atoms with Gasteiger partial charge < -0.3 is 9.52 Å². The first-order chi connectivity index (χ1) is 13.7. The molecule has 0 atom stereocenters. The summed E-state index contributed by atoms with van der Waals surface area (Å²) in [5.41, 5.74) is 3.02. The van der Waals surface area contributed by atoms with Crippen molar-refractivity contribution < 1.29 is 14.3 Å². The fourth-order valence-electron chi connectivity index (χ4n) is 3.17. The quantitative estimate of drug-likeness (QED) is 0.657. The van der Waals surface area contributed by atoms with Gasteiger partial charge in [-0.3, -0.25) is 4.79 Å². The number of hydrogen-bond donors (Lipinski definition) is 1. The molecule has 0 spiro atoms. The molecule has 4 rings (SSSR count). The van der Waals surface area contributed by atoms with Gasteiger partial charge in [-0.05, 0) is 23.3 Å². The molecule has 140 valence electrons. The molecule has 3 aromatic rings. The van der Waals surface area contributed by atoms with Gasteiger partial charge in [-0.2, -0.15) is 5.10 Å². The van der Waals surface area contributed by atoms with E-state index in [0.29, 0.717) is 17.2 Å². The average Bonchev–Trinajstić information content (AvgIpc) is 3.38. The number of nitrogens with zero attached hydrogens (tertiary/aromatic N) is 2. The second kappa shape index (κ2) is 8.27. The van der Waals surface area contributed by atoms with Crippen LogP contribution in [0.1, 0.15) is 35.0 Å². The van der Waals surface area contributed by atoms with Gasteiger partial charge in [-0.25, -0.2) is 0 Å². The number of carboxylic acids is 1. The first-order valence-corrected chi connectivity index (χ1v) is 9.87. The summed E-state index contributed by atoms with van der Waals surface area (Å²) >= 11 is 1.19. The minimum atomic E-state index is -0.866. The fraction of sp³-hybridized carbons (Fsp3) is 0.136. The highest BCUT2D eigenvalue weighted by molar-refractivity contribution is 8.14. The Morgan fingerprint density at radius 2 is 1.61 bits per heavy atom. The largest absolute Gasteiger partial charge is 0.481 e. The van der Waals surface area contributed by atoms with Gasteiger partial charge in [0.1, 0.15) is 16.5 Å². The maximum atomic E-state index is 10.7. The molecule has 1 aromatic heterocycles. The van der Waals surface area contributed by atoms with Crippen LogP contribution in [0.5, 0.6) is 0 Å². The summed E-state index contributed by atoms with van der Waals surface area (Å²) in [6.07, 6.45) is 0.492. The van der Waals surface area contributed by atoms with Crippen LogP contribution >= 0.6 is 11.8 Å². The van der Waals surface area contributed by atoms with Crippen LogP contribution in [0.4, 0.5) is 0 Å². The second-order valence-corrected chi connectivity index (χ2v) is 7.40. The Morgan fingerprint density at radius 1 is 0.964 bits per heavy atom. The third-order valence-electron chi connectivity index (χ3n) is 4.42. The Labute approximate surface area is 166 Å². The second-order valence-electron chi connectivity index (χ2n) is 6.36. The lowest BCUT2D eigenvalue weighted by Gasteiger charge is -2.15. The molecule has 5 nitrogen and oxygen atoms in total. The molecule has 0 radical (unpaired) electrons. The number of furan rings is 1. The van der Waals surface area contributed by atoms with E-state index in [0.717, 1.165) is 22.6 Å². The van der Waals surface area contributed by atoms with Gasteiger partial charge in [0, 0.05) is 6.42 Å². The highest BCUT2D eigenvalue weighted by Crippen LogP contribution is 2.33. The highest BCUT2D eigenvalue weighted by Gasteiger charge is 2.23. The van der Waals surface area contributed by atoms with Gasteiger partial charge in [0.25, 0.3) is 0 Å². The molecule has 1 aliphatic rings. The Morgan fingerprint density at radius 3 is 2.21 bits per heavy atom. The van der Waals surface area contributed by atoms with E-state index in [9.17, 15) is 4.79 Å². The topological polar surface area (TPSA) is 75.2 Å². The van der Waals surface area contributed by atoms with E-state index in [1.807, 2.05) is 48.5 Å². The summed E-state index contributed by atoms with van der Waals surface area (Å²) in [7, 11) is 0. The van der Waals surface area contributed by atoms with Crippen molar-refractivity contribution in [3.63, 3.8) is 0 Å². The predicted octanol–water partition coefficient (Wildman–Crippen LogP) is 4.78. The minimum Gasteiger partial charge on any atom is -0.481 e. The van der Waals surface area contributed by atoms with Crippen LogP contribution in [0.3, 0.4) is 0 Å². The van der Waals surface area contributed by atoms with E-state index in [2.05, 4.69) is 34.5 Å². The van der Waals surface area contributed by atoms with Gasteiger partial charge in [-0.15, -0.1) is 5.10 Å². The van der Waals surface area contributed by atoms with Crippen LogP contribution in [0.15, 0.2) is 87.4 Å². The zero-order chi connectivity index (χ0) is 19.3. The fourth-order valence-corrected chi connectivity index (χ4v) is 3.79.